The van der Waals surface area contributed by atoms with Crippen molar-refractivity contribution in [2.45, 2.75) is 13.8 Å². The normalized spacial score (nSPS) is 11.7. The first-order chi connectivity index (χ1) is 13.2. The van der Waals surface area contributed by atoms with Crippen LogP contribution in [0, 0.1) is 0 Å². The fraction of sp³-hybridized carbons (Fsp3) is 0.182. The van der Waals surface area contributed by atoms with Crippen molar-refractivity contribution in [3.63, 3.8) is 0 Å². The minimum Gasteiger partial charge on any atom is -0.305 e. The fourth-order valence-electron chi connectivity index (χ4n) is 2.91. The quantitative estimate of drug-likeness (QED) is 0.530. The first-order valence-electron chi connectivity index (χ1n) is 9.08. The minimum atomic E-state index is -3.26. The lowest BCUT2D eigenvalue weighted by Crippen LogP contribution is -2.22. The van der Waals surface area contributed by atoms with E-state index in [2.05, 4.69) is 48.5 Å². The molecule has 0 aliphatic rings. The Hall–Kier alpha value is -1.76. The molecule has 0 aromatic heterocycles. The highest BCUT2D eigenvalue weighted by Gasteiger charge is 2.27. The van der Waals surface area contributed by atoms with Crippen molar-refractivity contribution in [3.8, 4) is 0 Å². The number of rotatable bonds is 8. The monoisotopic (exact) mass is 398 g/mol. The summed E-state index contributed by atoms with van der Waals surface area (Å²) in [6, 6.07) is 28.9. The van der Waals surface area contributed by atoms with Crippen molar-refractivity contribution in [2.24, 2.45) is 0 Å². The minimum absolute atomic E-state index is 0.347. The molecule has 3 aromatic rings. The summed E-state index contributed by atoms with van der Waals surface area (Å²) in [5, 5.41) is 4.37. The third-order valence-corrected chi connectivity index (χ3v) is 8.62. The van der Waals surface area contributed by atoms with Crippen LogP contribution in [0.1, 0.15) is 13.8 Å². The number of benzene rings is 3. The molecule has 0 saturated carbocycles. The van der Waals surface area contributed by atoms with E-state index in [4.69, 9.17) is 9.05 Å². The highest BCUT2D eigenvalue weighted by molar-refractivity contribution is 7.79. The Balaban J connectivity index is 2.00. The van der Waals surface area contributed by atoms with Gasteiger partial charge >= 0.3 is 7.60 Å². The molecule has 0 bridgehead atoms. The third-order valence-electron chi connectivity index (χ3n) is 4.05. The SMILES string of the molecule is CCOP(=O)(OCC)c1ccc(P(c2ccccc2)c2ccccc2)cc1. The first kappa shape index (κ1) is 20.0. The van der Waals surface area contributed by atoms with Crippen LogP contribution in [0.5, 0.6) is 0 Å². The van der Waals surface area contributed by atoms with Crippen molar-refractivity contribution in [2.75, 3.05) is 13.2 Å². The second-order valence-electron chi connectivity index (χ2n) is 5.86. The molecule has 3 aromatic carbocycles. The van der Waals surface area contributed by atoms with E-state index in [1.165, 1.54) is 15.9 Å². The maximum atomic E-state index is 13.0. The van der Waals surface area contributed by atoms with Crippen LogP contribution in [0.25, 0.3) is 0 Å². The van der Waals surface area contributed by atoms with Crippen molar-refractivity contribution >= 4 is 36.7 Å². The van der Waals surface area contributed by atoms with E-state index in [0.29, 0.717) is 18.5 Å². The van der Waals surface area contributed by atoms with Crippen LogP contribution in [-0.2, 0) is 13.6 Å². The molecule has 0 amide bonds. The van der Waals surface area contributed by atoms with Gasteiger partial charge < -0.3 is 9.05 Å². The molecule has 0 unspecified atom stereocenters. The van der Waals surface area contributed by atoms with Crippen LogP contribution in [0.4, 0.5) is 0 Å². The number of hydrogen-bond donors (Lipinski definition) is 0. The maximum Gasteiger partial charge on any atom is 0.361 e. The summed E-state index contributed by atoms with van der Waals surface area (Å²) >= 11 is 0. The molecule has 0 fully saturated rings. The first-order valence-corrected chi connectivity index (χ1v) is 12.0. The lowest BCUT2D eigenvalue weighted by molar-refractivity contribution is 0.230. The highest BCUT2D eigenvalue weighted by Crippen LogP contribution is 2.46. The fourth-order valence-corrected chi connectivity index (χ4v) is 6.76. The molecule has 0 atom stereocenters. The summed E-state index contributed by atoms with van der Waals surface area (Å²) in [7, 11) is -3.94. The molecule has 5 heteroatoms. The average Bonchev–Trinajstić information content (AvgIpc) is 2.71. The van der Waals surface area contributed by atoms with Gasteiger partial charge in [-0.25, -0.2) is 0 Å². The van der Waals surface area contributed by atoms with Crippen molar-refractivity contribution in [1.29, 1.82) is 0 Å². The highest BCUT2D eigenvalue weighted by atomic mass is 31.2. The molecule has 0 radical (unpaired) electrons. The van der Waals surface area contributed by atoms with Gasteiger partial charge in [0.05, 0.1) is 18.5 Å². The van der Waals surface area contributed by atoms with Crippen molar-refractivity contribution in [3.05, 3.63) is 84.9 Å². The van der Waals surface area contributed by atoms with Gasteiger partial charge in [0.25, 0.3) is 0 Å². The summed E-state index contributed by atoms with van der Waals surface area (Å²) in [5.74, 6) is 0. The molecule has 3 rings (SSSR count). The molecule has 0 aliphatic heterocycles. The van der Waals surface area contributed by atoms with Crippen LogP contribution < -0.4 is 21.2 Å². The zero-order valence-corrected chi connectivity index (χ0v) is 17.4. The van der Waals surface area contributed by atoms with E-state index in [1.807, 2.05) is 50.2 Å². The zero-order chi connectivity index (χ0) is 19.1. The standard InChI is InChI=1S/C22H24O3P2/c1-3-24-27(23,25-4-2)22-17-15-21(16-18-22)26(19-11-7-5-8-12-19)20-13-9-6-10-14-20/h5-18H,3-4H2,1-2H3. The molecule has 0 saturated heterocycles. The number of hydrogen-bond acceptors (Lipinski definition) is 3. The van der Waals surface area contributed by atoms with Crippen molar-refractivity contribution in [1.82, 2.24) is 0 Å². The molecule has 0 spiro atoms. The second kappa shape index (κ2) is 9.44. The predicted molar refractivity (Wildman–Crippen MR) is 116 cm³/mol. The van der Waals surface area contributed by atoms with Crippen molar-refractivity contribution < 1.29 is 13.6 Å². The van der Waals surface area contributed by atoms with Crippen LogP contribution >= 0.6 is 15.5 Å². The Morgan fingerprint density at radius 3 is 1.48 bits per heavy atom. The van der Waals surface area contributed by atoms with Crippen LogP contribution in [-0.4, -0.2) is 13.2 Å². The molecule has 0 heterocycles. The summed E-state index contributed by atoms with van der Waals surface area (Å²) in [6.07, 6.45) is 0. The van der Waals surface area contributed by atoms with Gasteiger partial charge in [-0.2, -0.15) is 0 Å². The molecule has 0 N–H and O–H groups in total. The van der Waals surface area contributed by atoms with Gasteiger partial charge in [-0.1, -0.05) is 72.8 Å². The van der Waals surface area contributed by atoms with Gasteiger partial charge in [0.2, 0.25) is 0 Å². The van der Waals surface area contributed by atoms with Gasteiger partial charge in [0, 0.05) is 0 Å². The molecule has 27 heavy (non-hydrogen) atoms. The Kier molecular flexibility index (Phi) is 6.99. The van der Waals surface area contributed by atoms with Gasteiger partial charge in [0.1, 0.15) is 0 Å². The smallest absolute Gasteiger partial charge is 0.305 e. The molecule has 140 valence electrons. The van der Waals surface area contributed by atoms with Crippen LogP contribution in [0.15, 0.2) is 84.9 Å². The molecule has 3 nitrogen and oxygen atoms in total. The Labute approximate surface area is 162 Å². The molecular formula is C22H24O3P2. The molecule has 0 aliphatic carbocycles. The largest absolute Gasteiger partial charge is 0.361 e. The summed E-state index contributed by atoms with van der Waals surface area (Å²) in [4.78, 5) is 0. The second-order valence-corrected chi connectivity index (χ2v) is 10.1. The Morgan fingerprint density at radius 1 is 0.667 bits per heavy atom. The molecular weight excluding hydrogens is 374 g/mol. The van der Waals surface area contributed by atoms with Gasteiger partial charge in [0.15, 0.2) is 0 Å². The van der Waals surface area contributed by atoms with E-state index in [0.717, 1.165) is 0 Å². The topological polar surface area (TPSA) is 35.5 Å². The average molecular weight is 398 g/mol. The van der Waals surface area contributed by atoms with Crippen LogP contribution in [0.2, 0.25) is 0 Å². The van der Waals surface area contributed by atoms with Gasteiger partial charge in [-0.15, -0.1) is 0 Å². The lowest BCUT2D eigenvalue weighted by atomic mass is 10.3. The van der Waals surface area contributed by atoms with E-state index in [-0.39, 0.29) is 0 Å². The third kappa shape index (κ3) is 4.75. The van der Waals surface area contributed by atoms with Gasteiger partial charge in [-0.3, -0.25) is 4.57 Å². The maximum absolute atomic E-state index is 13.0. The van der Waals surface area contributed by atoms with Gasteiger partial charge in [-0.05, 0) is 49.8 Å². The van der Waals surface area contributed by atoms with E-state index in [9.17, 15) is 4.57 Å². The van der Waals surface area contributed by atoms with E-state index in [1.54, 1.807) is 0 Å². The predicted octanol–water partition coefficient (Wildman–Crippen LogP) is 4.34. The van der Waals surface area contributed by atoms with E-state index >= 15 is 0 Å². The Morgan fingerprint density at radius 2 is 1.07 bits per heavy atom. The lowest BCUT2D eigenvalue weighted by Gasteiger charge is -2.21. The zero-order valence-electron chi connectivity index (χ0n) is 15.6. The Bertz CT molecular complexity index is 831. The summed E-state index contributed by atoms with van der Waals surface area (Å²) in [6.45, 7) is 4.34. The van der Waals surface area contributed by atoms with E-state index < -0.39 is 15.5 Å². The summed E-state index contributed by atoms with van der Waals surface area (Å²) < 4.78 is 23.9. The summed E-state index contributed by atoms with van der Waals surface area (Å²) in [5.41, 5.74) is 0. The van der Waals surface area contributed by atoms with Crippen LogP contribution in [0.3, 0.4) is 0 Å².